The van der Waals surface area contributed by atoms with Gasteiger partial charge in [-0.15, -0.1) is 0 Å². The number of benzene rings is 2. The Morgan fingerprint density at radius 3 is 2.70 bits per heavy atom. The van der Waals surface area contributed by atoms with Crippen molar-refractivity contribution in [2.75, 3.05) is 13.6 Å². The molecule has 4 nitrogen and oxygen atoms in total. The first kappa shape index (κ1) is 19.4. The fourth-order valence-electron chi connectivity index (χ4n) is 4.05. The Morgan fingerprint density at radius 1 is 1.19 bits per heavy atom. The number of rotatable bonds is 8. The highest BCUT2D eigenvalue weighted by Gasteiger charge is 2.38. The summed E-state index contributed by atoms with van der Waals surface area (Å²) in [7, 11) is 1.88. The van der Waals surface area contributed by atoms with Crippen LogP contribution in [0, 0.1) is 0 Å². The molecule has 2 aromatic rings. The highest BCUT2D eigenvalue weighted by Crippen LogP contribution is 2.32. The van der Waals surface area contributed by atoms with Gasteiger partial charge in [0.25, 0.3) is 0 Å². The van der Waals surface area contributed by atoms with Gasteiger partial charge in [-0.25, -0.2) is 0 Å². The molecule has 3 rings (SSSR count). The molecule has 1 aliphatic heterocycles. The van der Waals surface area contributed by atoms with Crippen LogP contribution in [0.5, 0.6) is 0 Å². The normalized spacial score (nSPS) is 19.3. The molecule has 144 valence electrons. The first-order valence-electron chi connectivity index (χ1n) is 10.0. The van der Waals surface area contributed by atoms with Gasteiger partial charge in [-0.05, 0) is 42.0 Å². The fraction of sp³-hybridized carbons (Fsp3) is 0.478. The molecule has 0 bridgehead atoms. The van der Waals surface area contributed by atoms with Crippen molar-refractivity contribution in [2.45, 2.75) is 57.4 Å². The van der Waals surface area contributed by atoms with E-state index in [2.05, 4.69) is 48.6 Å². The van der Waals surface area contributed by atoms with Gasteiger partial charge in [-0.1, -0.05) is 55.8 Å². The highest BCUT2D eigenvalue weighted by molar-refractivity contribution is 5.86. The standard InChI is InChI=1S/C23H30N2O2/c1-3-4-16-25(2)22(27)13-15-23(14-12-21(26)24-23)17-19-10-7-9-18-8-5-6-11-20(18)19/h5-11H,3-4,12-17H2,1-2H3,(H,24,26). The van der Waals surface area contributed by atoms with E-state index in [1.165, 1.54) is 16.3 Å². The largest absolute Gasteiger partial charge is 0.350 e. The average molecular weight is 367 g/mol. The van der Waals surface area contributed by atoms with Crippen molar-refractivity contribution >= 4 is 22.6 Å². The van der Waals surface area contributed by atoms with E-state index in [1.807, 2.05) is 18.0 Å². The maximum atomic E-state index is 12.5. The number of hydrogen-bond acceptors (Lipinski definition) is 2. The minimum atomic E-state index is -0.317. The first-order valence-corrected chi connectivity index (χ1v) is 10.0. The number of hydrogen-bond donors (Lipinski definition) is 1. The zero-order chi connectivity index (χ0) is 19.3. The second-order valence-electron chi connectivity index (χ2n) is 7.81. The van der Waals surface area contributed by atoms with Crippen molar-refractivity contribution < 1.29 is 9.59 Å². The van der Waals surface area contributed by atoms with Gasteiger partial charge < -0.3 is 10.2 Å². The molecule has 0 saturated carbocycles. The predicted molar refractivity (Wildman–Crippen MR) is 110 cm³/mol. The third kappa shape index (κ3) is 4.68. The Balaban J connectivity index is 1.75. The van der Waals surface area contributed by atoms with Crippen LogP contribution >= 0.6 is 0 Å². The van der Waals surface area contributed by atoms with Crippen LogP contribution in [0.1, 0.15) is 51.0 Å². The summed E-state index contributed by atoms with van der Waals surface area (Å²) in [6.45, 7) is 2.93. The number of carbonyl (C=O) groups is 2. The van der Waals surface area contributed by atoms with E-state index in [4.69, 9.17) is 0 Å². The van der Waals surface area contributed by atoms with Gasteiger partial charge in [0, 0.05) is 32.0 Å². The Hall–Kier alpha value is -2.36. The monoisotopic (exact) mass is 366 g/mol. The molecule has 1 fully saturated rings. The van der Waals surface area contributed by atoms with Gasteiger partial charge in [0.05, 0.1) is 0 Å². The molecule has 1 atom stereocenters. The van der Waals surface area contributed by atoms with Gasteiger partial charge in [0.15, 0.2) is 0 Å². The van der Waals surface area contributed by atoms with Crippen LogP contribution in [0.2, 0.25) is 0 Å². The van der Waals surface area contributed by atoms with E-state index in [9.17, 15) is 9.59 Å². The third-order valence-corrected chi connectivity index (χ3v) is 5.73. The van der Waals surface area contributed by atoms with Crippen LogP contribution in [-0.4, -0.2) is 35.8 Å². The van der Waals surface area contributed by atoms with E-state index in [1.54, 1.807) is 0 Å². The van der Waals surface area contributed by atoms with Gasteiger partial charge >= 0.3 is 0 Å². The molecular weight excluding hydrogens is 336 g/mol. The molecule has 0 spiro atoms. The van der Waals surface area contributed by atoms with E-state index in [0.29, 0.717) is 19.3 Å². The van der Waals surface area contributed by atoms with Crippen molar-refractivity contribution in [1.82, 2.24) is 10.2 Å². The molecule has 0 aliphatic carbocycles. The number of nitrogens with one attached hydrogen (secondary N) is 1. The number of carbonyl (C=O) groups excluding carboxylic acids is 2. The second kappa shape index (κ2) is 8.55. The molecule has 1 heterocycles. The molecule has 1 aliphatic rings. The lowest BCUT2D eigenvalue weighted by atomic mass is 9.83. The van der Waals surface area contributed by atoms with Crippen molar-refractivity contribution in [3.63, 3.8) is 0 Å². The summed E-state index contributed by atoms with van der Waals surface area (Å²) in [5.74, 6) is 0.268. The Bertz CT molecular complexity index is 812. The molecule has 2 aromatic carbocycles. The van der Waals surface area contributed by atoms with Crippen LogP contribution < -0.4 is 5.32 Å². The van der Waals surface area contributed by atoms with Crippen molar-refractivity contribution in [3.05, 3.63) is 48.0 Å². The van der Waals surface area contributed by atoms with Gasteiger partial charge in [-0.3, -0.25) is 9.59 Å². The minimum absolute atomic E-state index is 0.0991. The summed E-state index contributed by atoms with van der Waals surface area (Å²) in [6, 6.07) is 14.7. The molecule has 0 aromatic heterocycles. The second-order valence-corrected chi connectivity index (χ2v) is 7.81. The van der Waals surface area contributed by atoms with Crippen LogP contribution in [0.15, 0.2) is 42.5 Å². The Labute approximate surface area is 161 Å². The topological polar surface area (TPSA) is 49.4 Å². The zero-order valence-corrected chi connectivity index (χ0v) is 16.5. The lowest BCUT2D eigenvalue weighted by Gasteiger charge is -2.30. The minimum Gasteiger partial charge on any atom is -0.350 e. The molecule has 1 unspecified atom stereocenters. The highest BCUT2D eigenvalue weighted by atomic mass is 16.2. The summed E-state index contributed by atoms with van der Waals surface area (Å²) in [5.41, 5.74) is 0.921. The van der Waals surface area contributed by atoms with Crippen LogP contribution in [0.4, 0.5) is 0 Å². The maximum Gasteiger partial charge on any atom is 0.222 e. The van der Waals surface area contributed by atoms with Crippen LogP contribution in [0.25, 0.3) is 10.8 Å². The molecule has 1 saturated heterocycles. The van der Waals surface area contributed by atoms with Crippen molar-refractivity contribution in [2.24, 2.45) is 0 Å². The third-order valence-electron chi connectivity index (χ3n) is 5.73. The smallest absolute Gasteiger partial charge is 0.222 e. The summed E-state index contributed by atoms with van der Waals surface area (Å²) >= 11 is 0. The lowest BCUT2D eigenvalue weighted by molar-refractivity contribution is -0.130. The Morgan fingerprint density at radius 2 is 1.96 bits per heavy atom. The Kier molecular flexibility index (Phi) is 6.15. The summed E-state index contributed by atoms with van der Waals surface area (Å²) in [5, 5.41) is 5.65. The zero-order valence-electron chi connectivity index (χ0n) is 16.5. The SMILES string of the molecule is CCCCN(C)C(=O)CCC1(Cc2cccc3ccccc23)CCC(=O)N1. The maximum absolute atomic E-state index is 12.5. The van der Waals surface area contributed by atoms with Gasteiger partial charge in [-0.2, -0.15) is 0 Å². The first-order chi connectivity index (χ1) is 13.0. The number of amides is 2. The molecule has 0 radical (unpaired) electrons. The van der Waals surface area contributed by atoms with Gasteiger partial charge in [0.2, 0.25) is 11.8 Å². The molecule has 27 heavy (non-hydrogen) atoms. The van der Waals surface area contributed by atoms with Crippen LogP contribution in [-0.2, 0) is 16.0 Å². The average Bonchev–Trinajstić information content (AvgIpc) is 3.05. The summed E-state index contributed by atoms with van der Waals surface area (Å²) in [4.78, 5) is 26.4. The lowest BCUT2D eigenvalue weighted by Crippen LogP contribution is -2.44. The molecule has 2 amide bonds. The predicted octanol–water partition coefficient (Wildman–Crippen LogP) is 4.07. The van der Waals surface area contributed by atoms with E-state index in [-0.39, 0.29) is 17.4 Å². The molecular formula is C23H30N2O2. The molecule has 4 heteroatoms. The molecule has 1 N–H and O–H groups in total. The number of unbranched alkanes of at least 4 members (excludes halogenated alkanes) is 1. The number of fused-ring (bicyclic) bond motifs is 1. The van der Waals surface area contributed by atoms with Crippen LogP contribution in [0.3, 0.4) is 0 Å². The quantitative estimate of drug-likeness (QED) is 0.766. The summed E-state index contributed by atoms with van der Waals surface area (Å²) in [6.07, 6.45) is 5.39. The van der Waals surface area contributed by atoms with E-state index in [0.717, 1.165) is 32.2 Å². The van der Waals surface area contributed by atoms with Crippen molar-refractivity contribution in [1.29, 1.82) is 0 Å². The van der Waals surface area contributed by atoms with E-state index < -0.39 is 0 Å². The number of nitrogens with zero attached hydrogens (tertiary/aromatic N) is 1. The fourth-order valence-corrected chi connectivity index (χ4v) is 4.05. The van der Waals surface area contributed by atoms with Crippen molar-refractivity contribution in [3.8, 4) is 0 Å². The van der Waals surface area contributed by atoms with Gasteiger partial charge in [0.1, 0.15) is 0 Å². The van der Waals surface area contributed by atoms with E-state index >= 15 is 0 Å². The summed E-state index contributed by atoms with van der Waals surface area (Å²) < 4.78 is 0.